The van der Waals surface area contributed by atoms with E-state index in [2.05, 4.69) is 0 Å². The van der Waals surface area contributed by atoms with E-state index < -0.39 is 24.1 Å². The maximum atomic E-state index is 9.77. The highest BCUT2D eigenvalue weighted by atomic mass is 16.4. The molecule has 0 aromatic carbocycles. The summed E-state index contributed by atoms with van der Waals surface area (Å²) < 4.78 is 0. The predicted octanol–water partition coefficient (Wildman–Crippen LogP) is -1.77. The molecule has 0 saturated carbocycles. The molecular weight excluding hydrogens is 194 g/mol. The Balaban J connectivity index is 0. The largest absolute Gasteiger partial charge is 0.479 e. The van der Waals surface area contributed by atoms with Gasteiger partial charge in [-0.25, -0.2) is 9.59 Å². The van der Waals surface area contributed by atoms with Crippen molar-refractivity contribution in [3.8, 4) is 0 Å². The van der Waals surface area contributed by atoms with Crippen molar-refractivity contribution in [3.05, 3.63) is 0 Å². The molecule has 0 rings (SSSR count). The maximum absolute atomic E-state index is 9.77. The van der Waals surface area contributed by atoms with Crippen LogP contribution in [0, 0.1) is 0 Å². The molecule has 0 amide bonds. The summed E-state index contributed by atoms with van der Waals surface area (Å²) in [5.74, 6) is -3.54. The summed E-state index contributed by atoms with van der Waals surface area (Å²) in [5.41, 5.74) is 5.11. The Kier molecular flexibility index (Phi) is 7.92. The molecule has 14 heavy (non-hydrogen) atoms. The molecule has 0 aromatic heterocycles. The quantitative estimate of drug-likeness (QED) is 0.370. The van der Waals surface area contributed by atoms with Crippen molar-refractivity contribution in [1.82, 2.24) is 0 Å². The molecule has 0 aliphatic rings. The molecule has 0 spiro atoms. The fourth-order valence-corrected chi connectivity index (χ4v) is 0.270. The number of carbonyl (C=O) groups is 2. The van der Waals surface area contributed by atoms with Gasteiger partial charge in [0.2, 0.25) is 0 Å². The second-order valence-corrected chi connectivity index (χ2v) is 2.81. The minimum absolute atomic E-state index is 0.333. The van der Waals surface area contributed by atoms with Crippen molar-refractivity contribution >= 4 is 11.9 Å². The molecule has 0 aromatic rings. The molecule has 2 atom stereocenters. The molecular formula is C7H15NO6. The van der Waals surface area contributed by atoms with Crippen LogP contribution in [-0.4, -0.2) is 50.6 Å². The number of hydrogen-bond donors (Lipinski definition) is 5. The lowest BCUT2D eigenvalue weighted by Gasteiger charge is -2.07. The van der Waals surface area contributed by atoms with E-state index in [1.165, 1.54) is 0 Å². The SMILES string of the molecule is CC(C)N.O=C(O)[C@H](O)[C@@H](O)C(=O)O. The number of rotatable bonds is 3. The standard InChI is InChI=1S/C4H6O6.C3H9N/c5-1(3(7)8)2(6)4(9)10;1-3(2)4/h1-2,5-6H,(H,7,8)(H,9,10);3H,4H2,1-2H3/t1-,2-;/m1./s1. The van der Waals surface area contributed by atoms with Crippen LogP contribution in [-0.2, 0) is 9.59 Å². The van der Waals surface area contributed by atoms with Gasteiger partial charge < -0.3 is 26.2 Å². The van der Waals surface area contributed by atoms with Crippen LogP contribution in [0.4, 0.5) is 0 Å². The highest BCUT2D eigenvalue weighted by molar-refractivity contribution is 5.82. The molecule has 0 fully saturated rings. The lowest BCUT2D eigenvalue weighted by atomic mass is 10.2. The number of nitrogens with two attached hydrogens (primary N) is 1. The smallest absolute Gasteiger partial charge is 0.335 e. The molecule has 6 N–H and O–H groups in total. The first kappa shape index (κ1) is 15.3. The van der Waals surface area contributed by atoms with Crippen LogP contribution in [0.3, 0.4) is 0 Å². The monoisotopic (exact) mass is 209 g/mol. The summed E-state index contributed by atoms with van der Waals surface area (Å²) >= 11 is 0. The molecule has 7 heteroatoms. The fourth-order valence-electron chi connectivity index (χ4n) is 0.270. The number of hydrogen-bond acceptors (Lipinski definition) is 5. The van der Waals surface area contributed by atoms with Crippen molar-refractivity contribution in [2.45, 2.75) is 32.1 Å². The van der Waals surface area contributed by atoms with Gasteiger partial charge in [0.05, 0.1) is 0 Å². The minimum Gasteiger partial charge on any atom is -0.479 e. The number of aliphatic hydroxyl groups excluding tert-OH is 2. The zero-order chi connectivity index (χ0) is 11.9. The molecule has 0 aliphatic carbocycles. The normalized spacial score (nSPS) is 13.9. The summed E-state index contributed by atoms with van der Waals surface area (Å²) in [6.45, 7) is 3.89. The van der Waals surface area contributed by atoms with Gasteiger partial charge in [-0.05, 0) is 6.04 Å². The second-order valence-electron chi connectivity index (χ2n) is 2.81. The van der Waals surface area contributed by atoms with Gasteiger partial charge in [0.15, 0.2) is 12.2 Å². The van der Waals surface area contributed by atoms with Crippen LogP contribution in [0.5, 0.6) is 0 Å². The van der Waals surface area contributed by atoms with Crippen molar-refractivity contribution < 1.29 is 30.0 Å². The fraction of sp³-hybridized carbons (Fsp3) is 0.714. The average molecular weight is 209 g/mol. The number of carboxylic acid groups (broad SMARTS) is 2. The molecule has 7 nitrogen and oxygen atoms in total. The second kappa shape index (κ2) is 7.25. The van der Waals surface area contributed by atoms with Crippen molar-refractivity contribution in [2.75, 3.05) is 0 Å². The molecule has 0 bridgehead atoms. The first-order valence-corrected chi connectivity index (χ1v) is 3.77. The molecule has 0 radical (unpaired) electrons. The summed E-state index contributed by atoms with van der Waals surface area (Å²) in [6, 6.07) is 0.333. The summed E-state index contributed by atoms with van der Waals surface area (Å²) in [6.07, 6.45) is -4.53. The molecule has 0 aliphatic heterocycles. The van der Waals surface area contributed by atoms with Crippen LogP contribution in [0.25, 0.3) is 0 Å². The first-order chi connectivity index (χ1) is 6.20. The topological polar surface area (TPSA) is 141 Å². The van der Waals surface area contributed by atoms with Gasteiger partial charge in [0.1, 0.15) is 0 Å². The van der Waals surface area contributed by atoms with Gasteiger partial charge >= 0.3 is 11.9 Å². The van der Waals surface area contributed by atoms with Crippen LogP contribution < -0.4 is 5.73 Å². The van der Waals surface area contributed by atoms with Crippen LogP contribution in [0.1, 0.15) is 13.8 Å². The van der Waals surface area contributed by atoms with Gasteiger partial charge in [0.25, 0.3) is 0 Å². The van der Waals surface area contributed by atoms with E-state index in [0.29, 0.717) is 6.04 Å². The molecule has 0 saturated heterocycles. The highest BCUT2D eigenvalue weighted by Crippen LogP contribution is 1.92. The molecule has 0 heterocycles. The van der Waals surface area contributed by atoms with E-state index in [4.69, 9.17) is 26.2 Å². The first-order valence-electron chi connectivity index (χ1n) is 3.77. The van der Waals surface area contributed by atoms with Gasteiger partial charge in [-0.2, -0.15) is 0 Å². The van der Waals surface area contributed by atoms with Gasteiger partial charge in [-0.3, -0.25) is 0 Å². The zero-order valence-corrected chi connectivity index (χ0v) is 7.91. The number of carboxylic acids is 2. The van der Waals surface area contributed by atoms with Crippen molar-refractivity contribution in [2.24, 2.45) is 5.73 Å². The summed E-state index contributed by atoms with van der Waals surface area (Å²) in [7, 11) is 0. The summed E-state index contributed by atoms with van der Waals surface area (Å²) in [4.78, 5) is 19.5. The van der Waals surface area contributed by atoms with Crippen LogP contribution in [0.2, 0.25) is 0 Å². The third-order valence-electron chi connectivity index (χ3n) is 0.805. The lowest BCUT2D eigenvalue weighted by molar-refractivity contribution is -0.165. The lowest BCUT2D eigenvalue weighted by Crippen LogP contribution is -2.39. The third kappa shape index (κ3) is 8.91. The van der Waals surface area contributed by atoms with Gasteiger partial charge in [-0.15, -0.1) is 0 Å². The van der Waals surface area contributed by atoms with E-state index in [0.717, 1.165) is 0 Å². The van der Waals surface area contributed by atoms with Crippen molar-refractivity contribution in [1.29, 1.82) is 0 Å². The zero-order valence-electron chi connectivity index (χ0n) is 7.91. The minimum atomic E-state index is -2.27. The van der Waals surface area contributed by atoms with E-state index >= 15 is 0 Å². The van der Waals surface area contributed by atoms with Crippen molar-refractivity contribution in [3.63, 3.8) is 0 Å². The summed E-state index contributed by atoms with van der Waals surface area (Å²) in [5, 5.41) is 32.5. The number of aliphatic carboxylic acids is 2. The Morgan fingerprint density at radius 3 is 1.21 bits per heavy atom. The Bertz CT molecular complexity index is 172. The van der Waals surface area contributed by atoms with E-state index in [1.807, 2.05) is 13.8 Å². The van der Waals surface area contributed by atoms with E-state index in [-0.39, 0.29) is 0 Å². The Hall–Kier alpha value is -1.18. The molecule has 0 unspecified atom stereocenters. The maximum Gasteiger partial charge on any atom is 0.335 e. The highest BCUT2D eigenvalue weighted by Gasteiger charge is 2.29. The average Bonchev–Trinajstić information content (AvgIpc) is 2.00. The Morgan fingerprint density at radius 2 is 1.14 bits per heavy atom. The van der Waals surface area contributed by atoms with Crippen LogP contribution >= 0.6 is 0 Å². The number of aliphatic hydroxyl groups is 2. The van der Waals surface area contributed by atoms with Crippen LogP contribution in [0.15, 0.2) is 0 Å². The molecule has 84 valence electrons. The third-order valence-corrected chi connectivity index (χ3v) is 0.805. The predicted molar refractivity (Wildman–Crippen MR) is 46.6 cm³/mol. The Morgan fingerprint density at radius 1 is 1.00 bits per heavy atom. The Labute approximate surface area is 80.8 Å². The van der Waals surface area contributed by atoms with E-state index in [1.54, 1.807) is 0 Å². The van der Waals surface area contributed by atoms with Gasteiger partial charge in [-0.1, -0.05) is 13.8 Å². The van der Waals surface area contributed by atoms with Gasteiger partial charge in [0, 0.05) is 0 Å². The van der Waals surface area contributed by atoms with E-state index in [9.17, 15) is 9.59 Å².